The average Bonchev–Trinajstić information content (AvgIpc) is 3.11. The minimum atomic E-state index is -0.101. The number of benzene rings is 1. The third-order valence-corrected chi connectivity index (χ3v) is 4.41. The number of carbonyl (C=O) groups excluding carboxylic acids is 1. The number of fused-ring (bicyclic) bond motifs is 2. The predicted octanol–water partition coefficient (Wildman–Crippen LogP) is 2.73. The fourth-order valence-corrected chi connectivity index (χ4v) is 3.39. The lowest BCUT2D eigenvalue weighted by Gasteiger charge is -2.18. The topological polar surface area (TPSA) is 58.6 Å². The molecule has 2 bridgehead atoms. The second-order valence-electron chi connectivity index (χ2n) is 5.79. The van der Waals surface area contributed by atoms with Gasteiger partial charge in [-0.2, -0.15) is 0 Å². The number of aliphatic hydroxyl groups is 1. The van der Waals surface area contributed by atoms with Crippen molar-refractivity contribution < 1.29 is 14.6 Å². The molecule has 0 heterocycles. The zero-order valence-corrected chi connectivity index (χ0v) is 12.2. The van der Waals surface area contributed by atoms with Gasteiger partial charge in [-0.15, -0.1) is 0 Å². The molecule has 1 saturated carbocycles. The van der Waals surface area contributed by atoms with Crippen LogP contribution in [0.15, 0.2) is 30.4 Å². The molecule has 0 radical (unpaired) electrons. The molecular formula is C17H21NO3. The highest BCUT2D eigenvalue weighted by Crippen LogP contribution is 2.43. The van der Waals surface area contributed by atoms with Gasteiger partial charge in [-0.1, -0.05) is 12.2 Å². The van der Waals surface area contributed by atoms with E-state index in [0.717, 1.165) is 18.5 Å². The average molecular weight is 287 g/mol. The van der Waals surface area contributed by atoms with Crippen LogP contribution in [0.1, 0.15) is 25.3 Å². The minimum Gasteiger partial charge on any atom is -0.494 e. The van der Waals surface area contributed by atoms with Gasteiger partial charge >= 0.3 is 0 Å². The summed E-state index contributed by atoms with van der Waals surface area (Å²) in [4.78, 5) is 12.4. The van der Waals surface area contributed by atoms with Crippen LogP contribution in [0.25, 0.3) is 0 Å². The number of ether oxygens (including phenoxy) is 1. The van der Waals surface area contributed by atoms with Crippen molar-refractivity contribution in [3.8, 4) is 5.75 Å². The van der Waals surface area contributed by atoms with E-state index in [4.69, 9.17) is 4.74 Å². The standard InChI is InChI=1S/C17H21NO3/c1-2-21-16-6-5-14(9-13(16)10-19)18-17(20)15-8-11-3-4-12(15)7-11/h3-6,9,11-12,15,19H,2,7-8,10H2,1H3,(H,18,20). The largest absolute Gasteiger partial charge is 0.494 e. The van der Waals surface area contributed by atoms with Gasteiger partial charge in [0.15, 0.2) is 0 Å². The van der Waals surface area contributed by atoms with Gasteiger partial charge in [0.2, 0.25) is 5.91 Å². The molecule has 1 amide bonds. The quantitative estimate of drug-likeness (QED) is 0.819. The molecule has 4 nitrogen and oxygen atoms in total. The highest BCUT2D eigenvalue weighted by molar-refractivity contribution is 5.93. The van der Waals surface area contributed by atoms with Gasteiger partial charge in [0.1, 0.15) is 5.75 Å². The summed E-state index contributed by atoms with van der Waals surface area (Å²) in [5.41, 5.74) is 1.42. The zero-order chi connectivity index (χ0) is 14.8. The van der Waals surface area contributed by atoms with E-state index in [2.05, 4.69) is 17.5 Å². The van der Waals surface area contributed by atoms with Gasteiger partial charge in [-0.05, 0) is 49.8 Å². The lowest BCUT2D eigenvalue weighted by atomic mass is 9.93. The van der Waals surface area contributed by atoms with E-state index >= 15 is 0 Å². The summed E-state index contributed by atoms with van der Waals surface area (Å²) in [6, 6.07) is 5.41. The second kappa shape index (κ2) is 5.90. The number of anilines is 1. The molecule has 1 aromatic carbocycles. The predicted molar refractivity (Wildman–Crippen MR) is 81.0 cm³/mol. The first-order valence-electron chi connectivity index (χ1n) is 7.57. The Labute approximate surface area is 124 Å². The van der Waals surface area contributed by atoms with Crippen LogP contribution in [0.3, 0.4) is 0 Å². The van der Waals surface area contributed by atoms with Gasteiger partial charge in [0, 0.05) is 17.2 Å². The number of hydrogen-bond donors (Lipinski definition) is 2. The Morgan fingerprint density at radius 3 is 2.86 bits per heavy atom. The normalized spacial score (nSPS) is 26.1. The molecule has 0 spiro atoms. The molecule has 3 rings (SSSR count). The van der Waals surface area contributed by atoms with E-state index in [1.54, 1.807) is 12.1 Å². The van der Waals surface area contributed by atoms with Crippen LogP contribution in [0.4, 0.5) is 5.69 Å². The zero-order valence-electron chi connectivity index (χ0n) is 12.2. The molecule has 21 heavy (non-hydrogen) atoms. The monoisotopic (exact) mass is 287 g/mol. The SMILES string of the molecule is CCOc1ccc(NC(=O)C2CC3C=CC2C3)cc1CO. The first-order chi connectivity index (χ1) is 10.2. The van der Waals surface area contributed by atoms with E-state index < -0.39 is 0 Å². The van der Waals surface area contributed by atoms with Crippen molar-refractivity contribution in [1.82, 2.24) is 0 Å². The maximum absolute atomic E-state index is 12.4. The summed E-state index contributed by atoms with van der Waals surface area (Å²) in [7, 11) is 0. The minimum absolute atomic E-state index is 0.0832. The van der Waals surface area contributed by atoms with Crippen LogP contribution in [0.5, 0.6) is 5.75 Å². The molecule has 1 aromatic rings. The number of hydrogen-bond acceptors (Lipinski definition) is 3. The molecule has 2 aliphatic carbocycles. The van der Waals surface area contributed by atoms with Crippen LogP contribution in [0, 0.1) is 17.8 Å². The molecule has 3 atom stereocenters. The first kappa shape index (κ1) is 14.1. The Kier molecular flexibility index (Phi) is 3.97. The fourth-order valence-electron chi connectivity index (χ4n) is 3.39. The molecule has 1 fully saturated rings. The fraction of sp³-hybridized carbons (Fsp3) is 0.471. The summed E-state index contributed by atoms with van der Waals surface area (Å²) in [6.45, 7) is 2.35. The summed E-state index contributed by atoms with van der Waals surface area (Å²) < 4.78 is 5.45. The van der Waals surface area contributed by atoms with Crippen LogP contribution in [-0.4, -0.2) is 17.6 Å². The Balaban J connectivity index is 1.70. The van der Waals surface area contributed by atoms with Crippen molar-refractivity contribution in [1.29, 1.82) is 0 Å². The highest BCUT2D eigenvalue weighted by Gasteiger charge is 2.39. The molecule has 4 heteroatoms. The Morgan fingerprint density at radius 1 is 1.38 bits per heavy atom. The van der Waals surface area contributed by atoms with Gasteiger partial charge in [-0.3, -0.25) is 4.79 Å². The van der Waals surface area contributed by atoms with Crippen molar-refractivity contribution in [2.24, 2.45) is 17.8 Å². The van der Waals surface area contributed by atoms with Crippen LogP contribution >= 0.6 is 0 Å². The molecular weight excluding hydrogens is 266 g/mol. The van der Waals surface area contributed by atoms with Crippen molar-refractivity contribution in [2.75, 3.05) is 11.9 Å². The summed E-state index contributed by atoms with van der Waals surface area (Å²) >= 11 is 0. The summed E-state index contributed by atoms with van der Waals surface area (Å²) in [6.07, 6.45) is 6.48. The molecule has 2 aliphatic rings. The molecule has 2 N–H and O–H groups in total. The van der Waals surface area contributed by atoms with E-state index in [1.807, 2.05) is 13.0 Å². The molecule has 0 saturated heterocycles. The number of aliphatic hydroxyl groups excluding tert-OH is 1. The smallest absolute Gasteiger partial charge is 0.228 e. The molecule has 0 aliphatic heterocycles. The Bertz CT molecular complexity index is 567. The summed E-state index contributed by atoms with van der Waals surface area (Å²) in [5, 5.41) is 12.4. The first-order valence-corrected chi connectivity index (χ1v) is 7.57. The van der Waals surface area contributed by atoms with E-state index in [1.165, 1.54) is 0 Å². The molecule has 0 aromatic heterocycles. The van der Waals surface area contributed by atoms with Crippen LogP contribution in [0.2, 0.25) is 0 Å². The molecule has 3 unspecified atom stereocenters. The van der Waals surface area contributed by atoms with Gasteiger partial charge in [-0.25, -0.2) is 0 Å². The lowest BCUT2D eigenvalue weighted by Crippen LogP contribution is -2.25. The van der Waals surface area contributed by atoms with Crippen molar-refractivity contribution in [2.45, 2.75) is 26.4 Å². The van der Waals surface area contributed by atoms with Crippen molar-refractivity contribution >= 4 is 11.6 Å². The number of allylic oxidation sites excluding steroid dienone is 2. The van der Waals surface area contributed by atoms with Gasteiger partial charge in [0.25, 0.3) is 0 Å². The number of amides is 1. The van der Waals surface area contributed by atoms with Crippen molar-refractivity contribution in [3.05, 3.63) is 35.9 Å². The maximum Gasteiger partial charge on any atom is 0.228 e. The Hall–Kier alpha value is -1.81. The third-order valence-electron chi connectivity index (χ3n) is 4.41. The number of rotatable bonds is 5. The number of nitrogens with one attached hydrogen (secondary N) is 1. The van der Waals surface area contributed by atoms with Crippen molar-refractivity contribution in [3.63, 3.8) is 0 Å². The van der Waals surface area contributed by atoms with Gasteiger partial charge < -0.3 is 15.2 Å². The van der Waals surface area contributed by atoms with Crippen LogP contribution < -0.4 is 10.1 Å². The Morgan fingerprint density at radius 2 is 2.24 bits per heavy atom. The maximum atomic E-state index is 12.4. The van der Waals surface area contributed by atoms with Gasteiger partial charge in [0.05, 0.1) is 13.2 Å². The van der Waals surface area contributed by atoms with E-state index in [0.29, 0.717) is 29.8 Å². The van der Waals surface area contributed by atoms with E-state index in [-0.39, 0.29) is 18.4 Å². The lowest BCUT2D eigenvalue weighted by molar-refractivity contribution is -0.120. The highest BCUT2D eigenvalue weighted by atomic mass is 16.5. The van der Waals surface area contributed by atoms with Crippen LogP contribution in [-0.2, 0) is 11.4 Å². The second-order valence-corrected chi connectivity index (χ2v) is 5.79. The van der Waals surface area contributed by atoms with E-state index in [9.17, 15) is 9.90 Å². The number of carbonyl (C=O) groups is 1. The molecule has 112 valence electrons. The summed E-state index contributed by atoms with van der Waals surface area (Å²) in [5.74, 6) is 1.82. The third kappa shape index (κ3) is 2.81.